The highest BCUT2D eigenvalue weighted by Gasteiger charge is 2.35. The molecule has 0 amide bonds. The van der Waals surface area contributed by atoms with E-state index in [0.29, 0.717) is 13.0 Å². The fourth-order valence-electron chi connectivity index (χ4n) is 2.20. The number of nitrogens with zero attached hydrogens (tertiary/aromatic N) is 2. The van der Waals surface area contributed by atoms with Crippen LogP contribution in [0.3, 0.4) is 0 Å². The van der Waals surface area contributed by atoms with E-state index in [1.165, 1.54) is 11.2 Å². The zero-order valence-electron chi connectivity index (χ0n) is 10.5. The number of aromatic nitrogens is 2. The Bertz CT molecular complexity index is 595. The summed E-state index contributed by atoms with van der Waals surface area (Å²) in [5, 5.41) is 14.9. The van der Waals surface area contributed by atoms with Crippen LogP contribution in [0.4, 0.5) is 0 Å². The smallest absolute Gasteiger partial charge is 0.357 e. The van der Waals surface area contributed by atoms with E-state index in [0.717, 1.165) is 6.42 Å². The first-order valence-corrected chi connectivity index (χ1v) is 7.32. The van der Waals surface area contributed by atoms with Gasteiger partial charge in [-0.3, -0.25) is 5.10 Å². The number of piperidine rings is 1. The molecule has 0 aromatic carbocycles. The molecule has 8 nitrogen and oxygen atoms in total. The fourth-order valence-corrected chi connectivity index (χ4v) is 4.03. The summed E-state index contributed by atoms with van der Waals surface area (Å²) in [4.78, 5) is 10.8. The van der Waals surface area contributed by atoms with Crippen molar-refractivity contribution in [1.29, 1.82) is 0 Å². The minimum atomic E-state index is -3.88. The first kappa shape index (κ1) is 14.0. The number of aromatic amines is 1. The van der Waals surface area contributed by atoms with Crippen LogP contribution in [0.5, 0.6) is 0 Å². The van der Waals surface area contributed by atoms with Gasteiger partial charge in [-0.15, -0.1) is 0 Å². The summed E-state index contributed by atoms with van der Waals surface area (Å²) < 4.78 is 26.2. The van der Waals surface area contributed by atoms with Gasteiger partial charge in [-0.1, -0.05) is 0 Å². The molecule has 0 bridgehead atoms. The molecule has 1 aliphatic heterocycles. The molecule has 2 heterocycles. The third-order valence-electron chi connectivity index (χ3n) is 3.11. The van der Waals surface area contributed by atoms with Crippen molar-refractivity contribution in [2.75, 3.05) is 13.1 Å². The maximum Gasteiger partial charge on any atom is 0.357 e. The second-order valence-corrected chi connectivity index (χ2v) is 6.47. The van der Waals surface area contributed by atoms with Gasteiger partial charge >= 0.3 is 5.97 Å². The van der Waals surface area contributed by atoms with Gasteiger partial charge in [-0.2, -0.15) is 9.40 Å². The molecule has 1 aromatic rings. The molecule has 0 spiro atoms. The number of hydrogen-bond donors (Lipinski definition) is 3. The van der Waals surface area contributed by atoms with Gasteiger partial charge in [0, 0.05) is 19.1 Å². The summed E-state index contributed by atoms with van der Waals surface area (Å²) in [6, 6.07) is -0.219. The van der Waals surface area contributed by atoms with E-state index in [9.17, 15) is 13.2 Å². The summed E-state index contributed by atoms with van der Waals surface area (Å²) in [6.07, 6.45) is 1.43. The number of aryl methyl sites for hydroxylation is 1. The van der Waals surface area contributed by atoms with E-state index in [2.05, 4.69) is 10.2 Å². The average Bonchev–Trinajstić information content (AvgIpc) is 2.72. The third-order valence-corrected chi connectivity index (χ3v) is 5.14. The topological polar surface area (TPSA) is 129 Å². The highest BCUT2D eigenvalue weighted by atomic mass is 32.2. The van der Waals surface area contributed by atoms with Gasteiger partial charge in [0.1, 0.15) is 4.90 Å². The molecule has 1 unspecified atom stereocenters. The van der Waals surface area contributed by atoms with E-state index >= 15 is 0 Å². The molecule has 0 aliphatic carbocycles. The van der Waals surface area contributed by atoms with Crippen molar-refractivity contribution in [2.45, 2.75) is 30.7 Å². The molecule has 1 atom stereocenters. The minimum Gasteiger partial charge on any atom is -0.476 e. The summed E-state index contributed by atoms with van der Waals surface area (Å²) in [7, 11) is -3.88. The standard InChI is InChI=1S/C10H16N4O4S/c1-6-9(8(10(15)16)13-12-6)19(17,18)14-4-2-3-7(11)5-14/h7H,2-5,11H2,1H3,(H,12,13)(H,15,16). The number of nitrogens with two attached hydrogens (primary N) is 1. The van der Waals surface area contributed by atoms with Crippen molar-refractivity contribution in [3.8, 4) is 0 Å². The predicted octanol–water partition coefficient (Wildman–Crippen LogP) is -0.472. The lowest BCUT2D eigenvalue weighted by Gasteiger charge is -2.29. The molecule has 1 aliphatic rings. The van der Waals surface area contributed by atoms with Gasteiger partial charge in [0.05, 0.1) is 5.69 Å². The number of rotatable bonds is 3. The number of carboxylic acid groups (broad SMARTS) is 1. The van der Waals surface area contributed by atoms with Crippen LogP contribution >= 0.6 is 0 Å². The number of nitrogens with one attached hydrogen (secondary N) is 1. The Morgan fingerprint density at radius 1 is 1.58 bits per heavy atom. The van der Waals surface area contributed by atoms with Crippen molar-refractivity contribution in [3.63, 3.8) is 0 Å². The average molecular weight is 288 g/mol. The lowest BCUT2D eigenvalue weighted by molar-refractivity contribution is 0.0686. The van der Waals surface area contributed by atoms with Gasteiger partial charge in [0.2, 0.25) is 10.0 Å². The zero-order valence-corrected chi connectivity index (χ0v) is 11.3. The maximum atomic E-state index is 12.5. The van der Waals surface area contributed by atoms with Crippen LogP contribution < -0.4 is 5.73 Å². The molecule has 9 heteroatoms. The first-order valence-electron chi connectivity index (χ1n) is 5.88. The van der Waals surface area contributed by atoms with Crippen LogP contribution in [-0.2, 0) is 10.0 Å². The quantitative estimate of drug-likeness (QED) is 0.689. The molecule has 19 heavy (non-hydrogen) atoms. The second kappa shape index (κ2) is 4.91. The Kier molecular flexibility index (Phi) is 3.61. The van der Waals surface area contributed by atoms with E-state index in [4.69, 9.17) is 10.8 Å². The number of aromatic carboxylic acids is 1. The number of hydrogen-bond acceptors (Lipinski definition) is 5. The van der Waals surface area contributed by atoms with Gasteiger partial charge in [0.15, 0.2) is 5.69 Å². The van der Waals surface area contributed by atoms with Crippen molar-refractivity contribution < 1.29 is 18.3 Å². The molecule has 1 fully saturated rings. The molecule has 1 aromatic heterocycles. The van der Waals surface area contributed by atoms with Crippen molar-refractivity contribution in [3.05, 3.63) is 11.4 Å². The molecule has 1 saturated heterocycles. The van der Waals surface area contributed by atoms with E-state index in [-0.39, 0.29) is 23.2 Å². The first-order chi connectivity index (χ1) is 8.84. The van der Waals surface area contributed by atoms with E-state index < -0.39 is 21.7 Å². The Morgan fingerprint density at radius 2 is 2.26 bits per heavy atom. The monoisotopic (exact) mass is 288 g/mol. The second-order valence-electron chi connectivity index (χ2n) is 4.60. The number of carboxylic acids is 1. The van der Waals surface area contributed by atoms with Gasteiger partial charge in [-0.25, -0.2) is 13.2 Å². The van der Waals surface area contributed by atoms with Crippen LogP contribution in [0, 0.1) is 6.92 Å². The van der Waals surface area contributed by atoms with Crippen molar-refractivity contribution >= 4 is 16.0 Å². The maximum absolute atomic E-state index is 12.5. The van der Waals surface area contributed by atoms with Crippen LogP contribution in [-0.4, -0.2) is 53.1 Å². The van der Waals surface area contributed by atoms with Crippen LogP contribution in [0.1, 0.15) is 29.0 Å². The minimum absolute atomic E-state index is 0.200. The van der Waals surface area contributed by atoms with Crippen LogP contribution in [0.25, 0.3) is 0 Å². The van der Waals surface area contributed by atoms with E-state index in [1.807, 2.05) is 0 Å². The van der Waals surface area contributed by atoms with Crippen molar-refractivity contribution in [1.82, 2.24) is 14.5 Å². The van der Waals surface area contributed by atoms with Gasteiger partial charge in [-0.05, 0) is 19.8 Å². The molecule has 0 saturated carbocycles. The molecule has 0 radical (unpaired) electrons. The highest BCUT2D eigenvalue weighted by molar-refractivity contribution is 7.89. The fraction of sp³-hybridized carbons (Fsp3) is 0.600. The summed E-state index contributed by atoms with van der Waals surface area (Å²) in [6.45, 7) is 2.03. The Balaban J connectivity index is 2.45. The van der Waals surface area contributed by atoms with Crippen LogP contribution in [0.2, 0.25) is 0 Å². The van der Waals surface area contributed by atoms with E-state index in [1.54, 1.807) is 0 Å². The third kappa shape index (κ3) is 2.48. The SMILES string of the molecule is Cc1[nH]nc(C(=O)O)c1S(=O)(=O)N1CCCC(N)C1. The Morgan fingerprint density at radius 3 is 2.84 bits per heavy atom. The molecular formula is C10H16N4O4S. The van der Waals surface area contributed by atoms with Gasteiger partial charge in [0.25, 0.3) is 0 Å². The summed E-state index contributed by atoms with van der Waals surface area (Å²) >= 11 is 0. The number of sulfonamides is 1. The number of carbonyl (C=O) groups is 1. The molecule has 106 valence electrons. The molecule has 4 N–H and O–H groups in total. The number of H-pyrrole nitrogens is 1. The normalized spacial score (nSPS) is 21.5. The van der Waals surface area contributed by atoms with Gasteiger partial charge < -0.3 is 10.8 Å². The molecular weight excluding hydrogens is 272 g/mol. The van der Waals surface area contributed by atoms with Crippen molar-refractivity contribution in [2.24, 2.45) is 5.73 Å². The highest BCUT2D eigenvalue weighted by Crippen LogP contribution is 2.24. The zero-order chi connectivity index (χ0) is 14.2. The Labute approximate surface area is 110 Å². The predicted molar refractivity (Wildman–Crippen MR) is 66.3 cm³/mol. The summed E-state index contributed by atoms with van der Waals surface area (Å²) in [5.41, 5.74) is 5.51. The largest absolute Gasteiger partial charge is 0.476 e. The lowest BCUT2D eigenvalue weighted by atomic mass is 10.1. The lowest BCUT2D eigenvalue weighted by Crippen LogP contribution is -2.45. The van der Waals surface area contributed by atoms with Crippen LogP contribution in [0.15, 0.2) is 4.90 Å². The summed E-state index contributed by atoms with van der Waals surface area (Å²) in [5.74, 6) is -1.37. The Hall–Kier alpha value is -1.45. The molecule has 2 rings (SSSR count).